The lowest BCUT2D eigenvalue weighted by molar-refractivity contribution is 0.465. The first kappa shape index (κ1) is 13.8. The third kappa shape index (κ3) is 2.40. The maximum absolute atomic E-state index is 4.95. The smallest absolute Gasteiger partial charge is 0.127 e. The van der Waals surface area contributed by atoms with Gasteiger partial charge >= 0.3 is 0 Å². The zero-order chi connectivity index (χ0) is 14.1. The van der Waals surface area contributed by atoms with Crippen LogP contribution >= 0.6 is 11.3 Å². The first-order chi connectivity index (χ1) is 9.72. The fourth-order valence-corrected chi connectivity index (χ4v) is 4.15. The first-order valence-corrected chi connectivity index (χ1v) is 8.30. The maximum Gasteiger partial charge on any atom is 0.127 e. The van der Waals surface area contributed by atoms with Gasteiger partial charge in [-0.15, -0.1) is 11.3 Å². The summed E-state index contributed by atoms with van der Waals surface area (Å²) in [6, 6.07) is 0.440. The topological polar surface area (TPSA) is 42.7 Å². The normalized spacial score (nSPS) is 18.2. The zero-order valence-electron chi connectivity index (χ0n) is 12.4. The minimum atomic E-state index is 0.440. The number of aryl methyl sites for hydroxylation is 3. The standard InChI is InChI=1S/C15H22N4S/c1-4-11-10(9-19(3)18-11)15-17-14-12(16-5-2)7-6-8-13(14)20-15/h9,12,16H,4-8H2,1-3H3. The van der Waals surface area contributed by atoms with E-state index < -0.39 is 0 Å². The molecule has 1 aliphatic carbocycles. The Balaban J connectivity index is 2.00. The molecule has 2 heterocycles. The lowest BCUT2D eigenvalue weighted by atomic mass is 9.97. The molecule has 0 saturated carbocycles. The zero-order valence-corrected chi connectivity index (χ0v) is 13.3. The molecule has 5 heteroatoms. The SMILES string of the molecule is CCNC1CCCc2sc(-c3cn(C)nc3CC)nc21. The van der Waals surface area contributed by atoms with Crippen molar-refractivity contribution < 1.29 is 0 Å². The van der Waals surface area contributed by atoms with Crippen LogP contribution in [0, 0.1) is 0 Å². The molecule has 0 spiro atoms. The second-order valence-corrected chi connectivity index (χ2v) is 6.43. The van der Waals surface area contributed by atoms with Gasteiger partial charge in [0.05, 0.1) is 23.0 Å². The highest BCUT2D eigenvalue weighted by Crippen LogP contribution is 2.37. The molecule has 2 aromatic rings. The highest BCUT2D eigenvalue weighted by atomic mass is 32.1. The van der Waals surface area contributed by atoms with Gasteiger partial charge < -0.3 is 5.32 Å². The number of thiazole rings is 1. The summed E-state index contributed by atoms with van der Waals surface area (Å²) in [4.78, 5) is 6.41. The van der Waals surface area contributed by atoms with Crippen molar-refractivity contribution in [1.29, 1.82) is 0 Å². The molecule has 0 saturated heterocycles. The minimum absolute atomic E-state index is 0.440. The van der Waals surface area contributed by atoms with Gasteiger partial charge in [-0.25, -0.2) is 4.98 Å². The number of aromatic nitrogens is 3. The average molecular weight is 290 g/mol. The quantitative estimate of drug-likeness (QED) is 0.941. The van der Waals surface area contributed by atoms with Gasteiger partial charge in [0.2, 0.25) is 0 Å². The van der Waals surface area contributed by atoms with E-state index in [4.69, 9.17) is 4.98 Å². The van der Waals surface area contributed by atoms with Crippen molar-refractivity contribution >= 4 is 11.3 Å². The van der Waals surface area contributed by atoms with E-state index in [-0.39, 0.29) is 0 Å². The van der Waals surface area contributed by atoms with Crippen molar-refractivity contribution in [1.82, 2.24) is 20.1 Å². The van der Waals surface area contributed by atoms with Gasteiger partial charge in [0, 0.05) is 18.1 Å². The lowest BCUT2D eigenvalue weighted by Crippen LogP contribution is -2.24. The summed E-state index contributed by atoms with van der Waals surface area (Å²) >= 11 is 1.86. The summed E-state index contributed by atoms with van der Waals surface area (Å²) in [5.41, 5.74) is 3.65. The van der Waals surface area contributed by atoms with Gasteiger partial charge in [0.25, 0.3) is 0 Å². The van der Waals surface area contributed by atoms with Crippen LogP contribution in [-0.2, 0) is 19.9 Å². The Bertz CT molecular complexity index is 599. The van der Waals surface area contributed by atoms with Crippen LogP contribution in [0.15, 0.2) is 6.20 Å². The maximum atomic E-state index is 4.95. The molecule has 1 unspecified atom stereocenters. The molecule has 0 bridgehead atoms. The summed E-state index contributed by atoms with van der Waals surface area (Å²) in [5.74, 6) is 0. The number of nitrogens with zero attached hydrogens (tertiary/aromatic N) is 3. The number of fused-ring (bicyclic) bond motifs is 1. The van der Waals surface area contributed by atoms with Crippen LogP contribution in [0.1, 0.15) is 49.0 Å². The average Bonchev–Trinajstić information content (AvgIpc) is 3.02. The van der Waals surface area contributed by atoms with Crippen LogP contribution in [0.25, 0.3) is 10.6 Å². The predicted octanol–water partition coefficient (Wildman–Crippen LogP) is 3.09. The van der Waals surface area contributed by atoms with Crippen molar-refractivity contribution in [3.8, 4) is 10.6 Å². The van der Waals surface area contributed by atoms with Gasteiger partial charge in [0.15, 0.2) is 0 Å². The second-order valence-electron chi connectivity index (χ2n) is 5.35. The summed E-state index contributed by atoms with van der Waals surface area (Å²) in [5, 5.41) is 9.24. The molecule has 1 atom stereocenters. The molecular formula is C15H22N4S. The molecule has 1 N–H and O–H groups in total. The van der Waals surface area contributed by atoms with Gasteiger partial charge in [-0.2, -0.15) is 5.10 Å². The van der Waals surface area contributed by atoms with E-state index in [0.717, 1.165) is 23.7 Å². The predicted molar refractivity (Wildman–Crippen MR) is 83.0 cm³/mol. The van der Waals surface area contributed by atoms with Crippen molar-refractivity contribution in [3.63, 3.8) is 0 Å². The van der Waals surface area contributed by atoms with Crippen molar-refractivity contribution in [2.45, 2.75) is 45.6 Å². The molecule has 0 fully saturated rings. The molecule has 4 nitrogen and oxygen atoms in total. The molecule has 0 amide bonds. The second kappa shape index (κ2) is 5.66. The van der Waals surface area contributed by atoms with Crippen molar-refractivity contribution in [3.05, 3.63) is 22.5 Å². The fourth-order valence-electron chi connectivity index (χ4n) is 2.95. The Labute approximate surface area is 124 Å². The van der Waals surface area contributed by atoms with Crippen LogP contribution in [0.2, 0.25) is 0 Å². The summed E-state index contributed by atoms with van der Waals surface area (Å²) in [6.45, 7) is 5.32. The number of hydrogen-bond donors (Lipinski definition) is 1. The third-order valence-electron chi connectivity index (χ3n) is 3.88. The third-order valence-corrected chi connectivity index (χ3v) is 5.04. The summed E-state index contributed by atoms with van der Waals surface area (Å²) in [7, 11) is 1.98. The number of rotatable bonds is 4. The molecule has 2 aromatic heterocycles. The molecule has 1 aliphatic rings. The summed E-state index contributed by atoms with van der Waals surface area (Å²) in [6.07, 6.45) is 6.71. The highest BCUT2D eigenvalue weighted by Gasteiger charge is 2.25. The van der Waals surface area contributed by atoms with Gasteiger partial charge in [-0.05, 0) is 32.2 Å². The van der Waals surface area contributed by atoms with Crippen LogP contribution < -0.4 is 5.32 Å². The van der Waals surface area contributed by atoms with E-state index in [1.54, 1.807) is 0 Å². The summed E-state index contributed by atoms with van der Waals surface area (Å²) < 4.78 is 1.90. The monoisotopic (exact) mass is 290 g/mol. The Morgan fingerprint density at radius 3 is 3.05 bits per heavy atom. The van der Waals surface area contributed by atoms with E-state index in [1.807, 2.05) is 23.1 Å². The van der Waals surface area contributed by atoms with Crippen LogP contribution in [0.4, 0.5) is 0 Å². The van der Waals surface area contributed by atoms with E-state index in [9.17, 15) is 0 Å². The Kier molecular flexibility index (Phi) is 3.89. The molecule has 0 aliphatic heterocycles. The highest BCUT2D eigenvalue weighted by molar-refractivity contribution is 7.15. The van der Waals surface area contributed by atoms with Crippen LogP contribution in [-0.4, -0.2) is 21.3 Å². The number of hydrogen-bond acceptors (Lipinski definition) is 4. The molecule has 3 rings (SSSR count). The molecule has 0 radical (unpaired) electrons. The van der Waals surface area contributed by atoms with Crippen LogP contribution in [0.3, 0.4) is 0 Å². The molecule has 20 heavy (non-hydrogen) atoms. The van der Waals surface area contributed by atoms with E-state index in [1.165, 1.54) is 35.4 Å². The Hall–Kier alpha value is -1.20. The van der Waals surface area contributed by atoms with Crippen LogP contribution in [0.5, 0.6) is 0 Å². The van der Waals surface area contributed by atoms with Gasteiger partial charge in [-0.3, -0.25) is 4.68 Å². The molecular weight excluding hydrogens is 268 g/mol. The number of nitrogens with one attached hydrogen (secondary N) is 1. The molecule has 108 valence electrons. The Morgan fingerprint density at radius 1 is 1.45 bits per heavy atom. The largest absolute Gasteiger partial charge is 0.309 e. The first-order valence-electron chi connectivity index (χ1n) is 7.48. The van der Waals surface area contributed by atoms with Crippen molar-refractivity contribution in [2.24, 2.45) is 7.05 Å². The minimum Gasteiger partial charge on any atom is -0.309 e. The Morgan fingerprint density at radius 2 is 2.30 bits per heavy atom. The van der Waals surface area contributed by atoms with E-state index in [0.29, 0.717) is 6.04 Å². The lowest BCUT2D eigenvalue weighted by Gasteiger charge is -2.21. The van der Waals surface area contributed by atoms with E-state index in [2.05, 4.69) is 30.5 Å². The fraction of sp³-hybridized carbons (Fsp3) is 0.600. The van der Waals surface area contributed by atoms with Gasteiger partial charge in [-0.1, -0.05) is 13.8 Å². The molecule has 0 aromatic carbocycles. The van der Waals surface area contributed by atoms with E-state index >= 15 is 0 Å². The van der Waals surface area contributed by atoms with Gasteiger partial charge in [0.1, 0.15) is 5.01 Å². The van der Waals surface area contributed by atoms with Crippen molar-refractivity contribution in [2.75, 3.05) is 6.54 Å².